The topological polar surface area (TPSA) is 374 Å². The van der Waals surface area contributed by atoms with Crippen LogP contribution >= 0.6 is 0 Å². The van der Waals surface area contributed by atoms with Gasteiger partial charge >= 0.3 is 0 Å². The van der Waals surface area contributed by atoms with Gasteiger partial charge in [-0.05, 0) is 26.0 Å². The van der Waals surface area contributed by atoms with E-state index in [4.69, 9.17) is 37.9 Å². The molecule has 11 rings (SSSR count). The van der Waals surface area contributed by atoms with Gasteiger partial charge in [0.25, 0.3) is 0 Å². The molecule has 436 valence electrons. The maximum atomic E-state index is 14.2. The van der Waals surface area contributed by atoms with Crippen molar-refractivity contribution in [1.82, 2.24) is 10.2 Å². The minimum atomic E-state index is -2.41. The molecule has 4 aromatic rings. The number of benzene rings is 4. The number of carbonyl (C=O) groups excluding carboxylic acids is 6. The molecule has 82 heavy (non-hydrogen) atoms. The van der Waals surface area contributed by atoms with Gasteiger partial charge in [-0.15, -0.1) is 0 Å². The number of rotatable bonds is 11. The number of nitrogens with one attached hydrogen (secondary N) is 1. The molecule has 4 aromatic carbocycles. The highest BCUT2D eigenvalue weighted by Gasteiger charge is 2.54. The number of nitrogens with zero attached hydrogens (tertiary/aromatic N) is 1. The number of fused-ring (bicyclic) bond motifs is 8. The summed E-state index contributed by atoms with van der Waals surface area (Å²) >= 11 is 0. The van der Waals surface area contributed by atoms with E-state index in [0.29, 0.717) is 0 Å². The van der Waals surface area contributed by atoms with Crippen molar-refractivity contribution in [2.24, 2.45) is 0 Å². The minimum Gasteiger partial charge on any atom is -0.507 e. The molecule has 3 fully saturated rings. The Kier molecular flexibility index (Phi) is 14.9. The summed E-state index contributed by atoms with van der Waals surface area (Å²) in [6.45, 7) is 0.00981. The Morgan fingerprint density at radius 2 is 1.07 bits per heavy atom. The quantitative estimate of drug-likeness (QED) is 0.0806. The van der Waals surface area contributed by atoms with Gasteiger partial charge in [0.15, 0.2) is 35.7 Å². The fourth-order valence-electron chi connectivity index (χ4n) is 13.1. The zero-order chi connectivity index (χ0) is 58.6. The molecule has 0 spiro atoms. The molecule has 0 bridgehead atoms. The second kappa shape index (κ2) is 21.4. The lowest BCUT2D eigenvalue weighted by molar-refractivity contribution is -0.288. The molecule has 0 aromatic heterocycles. The smallest absolute Gasteiger partial charge is 0.202 e. The molecule has 0 radical (unpaired) electrons. The van der Waals surface area contributed by atoms with Crippen molar-refractivity contribution in [2.75, 3.05) is 47.6 Å². The summed E-state index contributed by atoms with van der Waals surface area (Å²) in [5, 5.41) is 106. The van der Waals surface area contributed by atoms with Crippen molar-refractivity contribution in [3.63, 3.8) is 0 Å². The van der Waals surface area contributed by atoms with Crippen LogP contribution in [-0.4, -0.2) is 193 Å². The first-order valence-electron chi connectivity index (χ1n) is 26.5. The van der Waals surface area contributed by atoms with Gasteiger partial charge in [0.2, 0.25) is 11.6 Å². The highest BCUT2D eigenvalue weighted by atomic mass is 16.7. The van der Waals surface area contributed by atoms with E-state index in [-0.39, 0.29) is 82.3 Å². The van der Waals surface area contributed by atoms with Crippen molar-refractivity contribution < 1.29 is 113 Å². The lowest BCUT2D eigenvalue weighted by atomic mass is 9.72. The van der Waals surface area contributed by atoms with E-state index in [9.17, 15) is 74.7 Å². The molecular weight excluding hydrogens is 1080 g/mol. The zero-order valence-corrected chi connectivity index (χ0v) is 44.7. The number of phenolic OH excluding ortho intramolecular Hbond substituents is 4. The number of ketones is 6. The van der Waals surface area contributed by atoms with Gasteiger partial charge in [-0.1, -0.05) is 24.3 Å². The number of aliphatic hydroxyl groups is 5. The number of hydrogen-bond acceptors (Lipinski definition) is 25. The Hall–Kier alpha value is -6.82. The van der Waals surface area contributed by atoms with Crippen LogP contribution in [0.1, 0.15) is 138 Å². The average molecular weight is 1140 g/mol. The molecule has 4 unspecified atom stereocenters. The van der Waals surface area contributed by atoms with E-state index in [1.54, 1.807) is 13.8 Å². The maximum absolute atomic E-state index is 14.2. The van der Waals surface area contributed by atoms with Crippen molar-refractivity contribution in [1.29, 1.82) is 0 Å². The van der Waals surface area contributed by atoms with Crippen molar-refractivity contribution in [3.8, 4) is 34.5 Å². The summed E-state index contributed by atoms with van der Waals surface area (Å²) in [4.78, 5) is 84.5. The number of methoxy groups -OCH3 is 2. The van der Waals surface area contributed by atoms with Crippen LogP contribution in [0.3, 0.4) is 0 Å². The van der Waals surface area contributed by atoms with E-state index in [1.165, 1.54) is 55.5 Å². The first-order chi connectivity index (χ1) is 39.1. The predicted molar refractivity (Wildman–Crippen MR) is 275 cm³/mol. The second-order valence-corrected chi connectivity index (χ2v) is 21.7. The van der Waals surface area contributed by atoms with Crippen LogP contribution in [0.2, 0.25) is 0 Å². The van der Waals surface area contributed by atoms with Crippen molar-refractivity contribution in [3.05, 3.63) is 103 Å². The van der Waals surface area contributed by atoms with Crippen LogP contribution in [0.5, 0.6) is 34.5 Å². The van der Waals surface area contributed by atoms with E-state index in [1.807, 2.05) is 0 Å². The first-order valence-corrected chi connectivity index (χ1v) is 26.5. The SMILES string of the molecule is COc1cccc2c1C(=O)c1c(O)c3c(c(O)c1C2=O)C[C@@](O)(C(=O)CO)C[C@@H]3O[C@H]1CC2NCOC3C(C[C@H](O[C@H]4C[C@](O)(C(=O)CO)Cc5c(O)c6c(c(O)c54)C(=O)c4c(OC)cccc4C6=O)O[C@@H]3C)N(CO)COC2[C@H](C)O1. The first kappa shape index (κ1) is 57.0. The van der Waals surface area contributed by atoms with E-state index >= 15 is 0 Å². The highest BCUT2D eigenvalue weighted by Crippen LogP contribution is 2.55. The molecule has 25 heteroatoms. The summed E-state index contributed by atoms with van der Waals surface area (Å²) in [5.41, 5.74) is -8.54. The van der Waals surface area contributed by atoms with Crippen LogP contribution in [0.15, 0.2) is 36.4 Å². The summed E-state index contributed by atoms with van der Waals surface area (Å²) in [5.74, 6) is -8.48. The number of phenols is 4. The lowest BCUT2D eigenvalue weighted by Crippen LogP contribution is -2.62. The number of hydrogen-bond donors (Lipinski definition) is 10. The van der Waals surface area contributed by atoms with Crippen LogP contribution < -0.4 is 14.8 Å². The van der Waals surface area contributed by atoms with Gasteiger partial charge < -0.3 is 83.9 Å². The molecule has 3 heterocycles. The van der Waals surface area contributed by atoms with Gasteiger partial charge in [0, 0.05) is 84.0 Å². The van der Waals surface area contributed by atoms with E-state index < -0.39 is 198 Å². The molecule has 3 aliphatic heterocycles. The fraction of sp³-hybridized carbons (Fsp3) is 0.474. The van der Waals surface area contributed by atoms with Crippen LogP contribution in [-0.2, 0) is 50.9 Å². The van der Waals surface area contributed by atoms with Crippen LogP contribution in [0.25, 0.3) is 0 Å². The summed E-state index contributed by atoms with van der Waals surface area (Å²) < 4.78 is 49.5. The van der Waals surface area contributed by atoms with E-state index in [0.717, 1.165) is 0 Å². The second-order valence-electron chi connectivity index (χ2n) is 21.7. The van der Waals surface area contributed by atoms with Gasteiger partial charge in [0.1, 0.15) is 77.9 Å². The third-order valence-corrected chi connectivity index (χ3v) is 17.1. The normalized spacial score (nSPS) is 30.5. The zero-order valence-electron chi connectivity index (χ0n) is 44.7. The number of aliphatic hydroxyl groups excluding tert-OH is 3. The summed E-state index contributed by atoms with van der Waals surface area (Å²) in [6.07, 6.45) is -11.6. The lowest BCUT2D eigenvalue weighted by Gasteiger charge is -2.48. The standard InChI is InChI=1S/C57H60N2O23/c1-22-54-28(11-36(79-22)81-32-15-56(73,34(63)17-60)13-26-40(32)52(71)44-42(48(26)67)46(65)24-7-5-9-30(75-3)38(24)50(44)69)58-19-77-55-23(2)80-37(12-29(55)59(20-62)21-78-54)82-33-16-57(74,35(64)18-61)14-27-41(33)53(72)45-43(49(27)68)47(66)25-8-6-10-31(76-4)39(25)51(45)70/h5-10,22-23,28-29,32-33,36-37,54-55,58,60-62,67-68,71-74H,11-21H2,1-4H3/t22-,23+,28?,29?,32-,33-,36-,37-,54?,55?,56-,57-/m0/s1. The average Bonchev–Trinajstić information content (AvgIpc) is 3.43. The molecule has 3 saturated heterocycles. The van der Waals surface area contributed by atoms with Gasteiger partial charge in [-0.3, -0.25) is 39.0 Å². The van der Waals surface area contributed by atoms with Crippen LogP contribution in [0.4, 0.5) is 0 Å². The Morgan fingerprint density at radius 3 is 1.52 bits per heavy atom. The van der Waals surface area contributed by atoms with E-state index in [2.05, 4.69) is 5.32 Å². The third-order valence-electron chi connectivity index (χ3n) is 17.1. The predicted octanol–water partition coefficient (Wildman–Crippen LogP) is 0.917. The molecule has 25 nitrogen and oxygen atoms in total. The van der Waals surface area contributed by atoms with Gasteiger partial charge in [0.05, 0.1) is 85.5 Å². The summed E-state index contributed by atoms with van der Waals surface area (Å²) in [7, 11) is 2.59. The molecule has 0 amide bonds. The molecule has 0 saturated carbocycles. The Balaban J connectivity index is 0.847. The molecule has 4 aliphatic carbocycles. The Bertz CT molecular complexity index is 3360. The number of Topliss-reactive ketones (excluding diaryl/α,β-unsaturated/α-hetero) is 2. The number of aromatic hydroxyl groups is 4. The van der Waals surface area contributed by atoms with Crippen molar-refractivity contribution in [2.45, 2.75) is 125 Å². The Labute approximate surface area is 466 Å². The Morgan fingerprint density at radius 1 is 0.622 bits per heavy atom. The van der Waals surface area contributed by atoms with Gasteiger partial charge in [-0.25, -0.2) is 0 Å². The molecule has 10 N–H and O–H groups in total. The van der Waals surface area contributed by atoms with Crippen LogP contribution in [0, 0.1) is 0 Å². The number of carbonyl (C=O) groups is 6. The maximum Gasteiger partial charge on any atom is 0.202 e. The summed E-state index contributed by atoms with van der Waals surface area (Å²) in [6, 6.07) is 7.11. The molecular formula is C57H60N2O23. The molecule has 12 atom stereocenters. The van der Waals surface area contributed by atoms with Crippen molar-refractivity contribution >= 4 is 34.7 Å². The monoisotopic (exact) mass is 1140 g/mol. The highest BCUT2D eigenvalue weighted by molar-refractivity contribution is 6.32. The minimum absolute atomic E-state index is 0.0294. The number of ether oxygens (including phenoxy) is 8. The largest absolute Gasteiger partial charge is 0.507 e. The fourth-order valence-corrected chi connectivity index (χ4v) is 13.1. The third kappa shape index (κ3) is 8.97. The molecule has 7 aliphatic rings. The van der Waals surface area contributed by atoms with Gasteiger partial charge in [-0.2, -0.15) is 0 Å².